The second kappa shape index (κ2) is 8.32. The van der Waals surface area contributed by atoms with E-state index in [-0.39, 0.29) is 28.4 Å². The third kappa shape index (κ3) is 3.70. The van der Waals surface area contributed by atoms with E-state index in [9.17, 15) is 18.4 Å². The molecule has 31 heavy (non-hydrogen) atoms. The maximum atomic E-state index is 14.8. The molecule has 4 rings (SSSR count). The van der Waals surface area contributed by atoms with Crippen LogP contribution >= 0.6 is 11.6 Å². The van der Waals surface area contributed by atoms with Crippen molar-refractivity contribution in [2.45, 2.75) is 6.92 Å². The molecule has 0 spiro atoms. The van der Waals surface area contributed by atoms with Crippen LogP contribution in [0.25, 0.3) is 16.6 Å². The molecule has 4 aromatic rings. The number of hydrogen-bond acceptors (Lipinski definition) is 3. The Hall–Kier alpha value is -3.51. The fourth-order valence-corrected chi connectivity index (χ4v) is 3.70. The van der Waals surface area contributed by atoms with Gasteiger partial charge in [0.25, 0.3) is 0 Å². The summed E-state index contributed by atoms with van der Waals surface area (Å²) in [4.78, 5) is 25.0. The van der Waals surface area contributed by atoms with Gasteiger partial charge in [-0.05, 0) is 55.0 Å². The molecule has 0 N–H and O–H groups in total. The van der Waals surface area contributed by atoms with Crippen molar-refractivity contribution in [1.82, 2.24) is 4.40 Å². The van der Waals surface area contributed by atoms with Gasteiger partial charge in [0.2, 0.25) is 5.78 Å². The van der Waals surface area contributed by atoms with Crippen molar-refractivity contribution in [3.8, 4) is 11.1 Å². The molecule has 0 aliphatic carbocycles. The Morgan fingerprint density at radius 3 is 2.39 bits per heavy atom. The lowest BCUT2D eigenvalue weighted by Gasteiger charge is -2.06. The van der Waals surface area contributed by atoms with E-state index in [0.717, 1.165) is 6.07 Å². The summed E-state index contributed by atoms with van der Waals surface area (Å²) < 4.78 is 35.5. The molecule has 0 fully saturated rings. The van der Waals surface area contributed by atoms with E-state index in [1.54, 1.807) is 31.2 Å². The summed E-state index contributed by atoms with van der Waals surface area (Å²) >= 11 is 6.07. The first-order valence-electron chi connectivity index (χ1n) is 9.48. The zero-order chi connectivity index (χ0) is 22.1. The third-order valence-electron chi connectivity index (χ3n) is 4.87. The molecule has 0 atom stereocenters. The van der Waals surface area contributed by atoms with Crippen LogP contribution in [-0.4, -0.2) is 22.8 Å². The van der Waals surface area contributed by atoms with E-state index in [2.05, 4.69) is 0 Å². The van der Waals surface area contributed by atoms with Crippen LogP contribution in [0.2, 0.25) is 5.02 Å². The van der Waals surface area contributed by atoms with Crippen LogP contribution in [0.5, 0.6) is 0 Å². The molecular weight excluding hydrogens is 424 g/mol. The molecule has 2 aromatic heterocycles. The van der Waals surface area contributed by atoms with Crippen LogP contribution in [-0.2, 0) is 4.74 Å². The molecule has 0 aliphatic heterocycles. The predicted molar refractivity (Wildman–Crippen MR) is 114 cm³/mol. The van der Waals surface area contributed by atoms with Crippen LogP contribution in [0.4, 0.5) is 8.78 Å². The van der Waals surface area contributed by atoms with Crippen molar-refractivity contribution >= 4 is 28.9 Å². The molecule has 0 saturated carbocycles. The van der Waals surface area contributed by atoms with Gasteiger partial charge in [-0.15, -0.1) is 0 Å². The summed E-state index contributed by atoms with van der Waals surface area (Å²) in [6.07, 6.45) is 1.52. The van der Waals surface area contributed by atoms with Gasteiger partial charge < -0.3 is 9.14 Å². The number of hydrogen-bond donors (Lipinski definition) is 0. The van der Waals surface area contributed by atoms with Gasteiger partial charge in [-0.3, -0.25) is 4.79 Å². The Balaban J connectivity index is 1.87. The largest absolute Gasteiger partial charge is 0.462 e. The molecule has 2 heterocycles. The highest BCUT2D eigenvalue weighted by atomic mass is 35.5. The van der Waals surface area contributed by atoms with Gasteiger partial charge in [0.05, 0.1) is 34.0 Å². The van der Waals surface area contributed by atoms with Crippen molar-refractivity contribution in [1.29, 1.82) is 0 Å². The number of benzene rings is 2. The number of esters is 1. The number of ketones is 1. The summed E-state index contributed by atoms with van der Waals surface area (Å²) in [5.74, 6) is -2.44. The normalized spacial score (nSPS) is 11.0. The minimum atomic E-state index is -0.760. The summed E-state index contributed by atoms with van der Waals surface area (Å²) in [5, 5.41) is -0.0308. The van der Waals surface area contributed by atoms with Gasteiger partial charge in [0, 0.05) is 11.8 Å². The molecule has 4 nitrogen and oxygen atoms in total. The van der Waals surface area contributed by atoms with E-state index < -0.39 is 23.4 Å². The number of rotatable bonds is 5. The van der Waals surface area contributed by atoms with E-state index >= 15 is 0 Å². The van der Waals surface area contributed by atoms with Gasteiger partial charge in [-0.25, -0.2) is 13.6 Å². The topological polar surface area (TPSA) is 47.8 Å². The van der Waals surface area contributed by atoms with Gasteiger partial charge in [0.1, 0.15) is 11.6 Å². The van der Waals surface area contributed by atoms with Gasteiger partial charge in [-0.2, -0.15) is 0 Å². The summed E-state index contributed by atoms with van der Waals surface area (Å²) in [7, 11) is 0. The molecule has 2 aromatic carbocycles. The lowest BCUT2D eigenvalue weighted by atomic mass is 10.0. The number of carbonyl (C=O) groups is 2. The van der Waals surface area contributed by atoms with E-state index in [0.29, 0.717) is 16.7 Å². The quantitative estimate of drug-likeness (QED) is 0.285. The predicted octanol–water partition coefficient (Wildman–Crippen LogP) is 5.95. The SMILES string of the molecule is CCOC(=O)c1ccc(-c2cc(C(=O)c3c(F)cccc3Cl)n3cccc(F)c23)cc1. The lowest BCUT2D eigenvalue weighted by molar-refractivity contribution is 0.0526. The molecule has 0 radical (unpaired) electrons. The van der Waals surface area contributed by atoms with Crippen molar-refractivity contribution in [2.75, 3.05) is 6.61 Å². The fraction of sp³-hybridized carbons (Fsp3) is 0.0833. The number of carbonyl (C=O) groups excluding carboxylic acids is 2. The van der Waals surface area contributed by atoms with Crippen molar-refractivity contribution < 1.29 is 23.1 Å². The monoisotopic (exact) mass is 439 g/mol. The maximum absolute atomic E-state index is 14.8. The molecule has 156 valence electrons. The zero-order valence-electron chi connectivity index (χ0n) is 16.4. The average Bonchev–Trinajstić information content (AvgIpc) is 3.15. The van der Waals surface area contributed by atoms with E-state index in [1.165, 1.54) is 40.9 Å². The zero-order valence-corrected chi connectivity index (χ0v) is 17.1. The summed E-state index contributed by atoms with van der Waals surface area (Å²) in [5.41, 5.74) is 1.29. The molecular formula is C24H16ClF2NO3. The highest BCUT2D eigenvalue weighted by Gasteiger charge is 2.24. The standard InChI is InChI=1S/C24H16ClF2NO3/c1-2-31-24(30)15-10-8-14(9-11-15)16-13-20(28-12-4-7-19(27)22(16)28)23(29)21-17(25)5-3-6-18(21)26/h3-13H,2H2,1H3. The number of nitrogens with zero attached hydrogens (tertiary/aromatic N) is 1. The van der Waals surface area contributed by atoms with Gasteiger partial charge >= 0.3 is 5.97 Å². The van der Waals surface area contributed by atoms with Crippen LogP contribution in [0, 0.1) is 11.6 Å². The molecule has 0 bridgehead atoms. The first kappa shape index (κ1) is 20.8. The number of aromatic nitrogens is 1. The second-order valence-electron chi connectivity index (χ2n) is 6.74. The minimum Gasteiger partial charge on any atom is -0.462 e. The fourth-order valence-electron chi connectivity index (χ4n) is 3.45. The number of fused-ring (bicyclic) bond motifs is 1. The van der Waals surface area contributed by atoms with Crippen molar-refractivity contribution in [3.63, 3.8) is 0 Å². The number of pyridine rings is 1. The van der Waals surface area contributed by atoms with Crippen LogP contribution in [0.15, 0.2) is 66.9 Å². The summed E-state index contributed by atoms with van der Waals surface area (Å²) in [6, 6.07) is 14.6. The molecule has 0 saturated heterocycles. The van der Waals surface area contributed by atoms with Gasteiger partial charge in [-0.1, -0.05) is 29.8 Å². The summed E-state index contributed by atoms with van der Waals surface area (Å²) in [6.45, 7) is 1.96. The van der Waals surface area contributed by atoms with E-state index in [1.807, 2.05) is 0 Å². The number of ether oxygens (including phenoxy) is 1. The number of halogens is 3. The smallest absolute Gasteiger partial charge is 0.338 e. The Morgan fingerprint density at radius 2 is 1.71 bits per heavy atom. The Labute approximate surface area is 181 Å². The second-order valence-corrected chi connectivity index (χ2v) is 7.15. The first-order valence-corrected chi connectivity index (χ1v) is 9.86. The van der Waals surface area contributed by atoms with Crippen molar-refractivity contribution in [2.24, 2.45) is 0 Å². The minimum absolute atomic E-state index is 0.0308. The molecule has 0 aliphatic rings. The van der Waals surface area contributed by atoms with Crippen LogP contribution < -0.4 is 0 Å². The Morgan fingerprint density at radius 1 is 1.00 bits per heavy atom. The molecule has 0 unspecified atom stereocenters. The highest BCUT2D eigenvalue weighted by molar-refractivity contribution is 6.35. The van der Waals surface area contributed by atoms with Crippen molar-refractivity contribution in [3.05, 3.63) is 100 Å². The molecule has 7 heteroatoms. The van der Waals surface area contributed by atoms with Gasteiger partial charge in [0.15, 0.2) is 0 Å². The Kier molecular flexibility index (Phi) is 5.57. The molecule has 0 amide bonds. The maximum Gasteiger partial charge on any atom is 0.338 e. The third-order valence-corrected chi connectivity index (χ3v) is 5.19. The van der Waals surface area contributed by atoms with E-state index in [4.69, 9.17) is 16.3 Å². The Bertz CT molecular complexity index is 1290. The average molecular weight is 440 g/mol. The first-order chi connectivity index (χ1) is 14.9. The van der Waals surface area contributed by atoms with Crippen LogP contribution in [0.1, 0.15) is 33.3 Å². The lowest BCUT2D eigenvalue weighted by Crippen LogP contribution is -2.08. The van der Waals surface area contributed by atoms with Crippen LogP contribution in [0.3, 0.4) is 0 Å². The highest BCUT2D eigenvalue weighted by Crippen LogP contribution is 2.32.